The van der Waals surface area contributed by atoms with Gasteiger partial charge in [-0.25, -0.2) is 4.79 Å². The standard InChI is InChI=1S/C14H22N2O5/c17-11(14(20)21)3-6-15-12(18)9-4-7-16(8-5-9)13(19)10-1-2-10/h9-11,17H,1-8H2,(H,15,18)(H,20,21). The van der Waals surface area contributed by atoms with E-state index in [0.29, 0.717) is 25.9 Å². The molecule has 7 heteroatoms. The van der Waals surface area contributed by atoms with Gasteiger partial charge in [0.05, 0.1) is 0 Å². The highest BCUT2D eigenvalue weighted by Crippen LogP contribution is 2.32. The fourth-order valence-electron chi connectivity index (χ4n) is 2.55. The molecule has 0 radical (unpaired) electrons. The number of rotatable bonds is 6. The number of aliphatic hydroxyl groups excluding tert-OH is 1. The third-order valence-electron chi connectivity index (χ3n) is 4.11. The van der Waals surface area contributed by atoms with Crippen LogP contribution in [0, 0.1) is 11.8 Å². The largest absolute Gasteiger partial charge is 0.479 e. The quantitative estimate of drug-likeness (QED) is 0.618. The van der Waals surface area contributed by atoms with Gasteiger partial charge in [-0.3, -0.25) is 9.59 Å². The minimum absolute atomic E-state index is 0.0000836. The zero-order chi connectivity index (χ0) is 15.4. The van der Waals surface area contributed by atoms with Crippen molar-refractivity contribution < 1.29 is 24.6 Å². The Morgan fingerprint density at radius 3 is 2.24 bits per heavy atom. The van der Waals surface area contributed by atoms with Crippen LogP contribution < -0.4 is 5.32 Å². The SMILES string of the molecule is O=C(O)C(O)CCNC(=O)C1CCN(C(=O)C2CC2)CC1. The van der Waals surface area contributed by atoms with Crippen LogP contribution in [-0.4, -0.2) is 58.6 Å². The second kappa shape index (κ2) is 6.89. The second-order valence-corrected chi connectivity index (χ2v) is 5.81. The Balaban J connectivity index is 1.65. The normalized spacial score (nSPS) is 20.9. The Hall–Kier alpha value is -1.63. The highest BCUT2D eigenvalue weighted by molar-refractivity contribution is 5.82. The molecule has 0 bridgehead atoms. The third-order valence-corrected chi connectivity index (χ3v) is 4.11. The van der Waals surface area contributed by atoms with Crippen LogP contribution in [0.1, 0.15) is 32.1 Å². The number of piperidine rings is 1. The summed E-state index contributed by atoms with van der Waals surface area (Å²) >= 11 is 0. The average Bonchev–Trinajstić information content (AvgIpc) is 3.31. The molecule has 1 aliphatic heterocycles. The van der Waals surface area contributed by atoms with Crippen LogP contribution in [0.25, 0.3) is 0 Å². The van der Waals surface area contributed by atoms with Crippen molar-refractivity contribution in [2.45, 2.75) is 38.2 Å². The lowest BCUT2D eigenvalue weighted by Crippen LogP contribution is -2.44. The zero-order valence-electron chi connectivity index (χ0n) is 12.0. The van der Waals surface area contributed by atoms with E-state index in [9.17, 15) is 14.4 Å². The molecule has 0 spiro atoms. The van der Waals surface area contributed by atoms with Gasteiger partial charge in [0.1, 0.15) is 0 Å². The molecular weight excluding hydrogens is 276 g/mol. The summed E-state index contributed by atoms with van der Waals surface area (Å²) in [7, 11) is 0. The lowest BCUT2D eigenvalue weighted by Gasteiger charge is -2.31. The summed E-state index contributed by atoms with van der Waals surface area (Å²) < 4.78 is 0. The van der Waals surface area contributed by atoms with Gasteiger partial charge in [-0.2, -0.15) is 0 Å². The molecule has 3 N–H and O–H groups in total. The predicted octanol–water partition coefficient (Wildman–Crippen LogP) is -0.413. The molecule has 118 valence electrons. The van der Waals surface area contributed by atoms with E-state index in [1.807, 2.05) is 4.90 Å². The lowest BCUT2D eigenvalue weighted by atomic mass is 9.95. The lowest BCUT2D eigenvalue weighted by molar-refractivity contribution is -0.147. The van der Waals surface area contributed by atoms with Gasteiger partial charge in [0.2, 0.25) is 11.8 Å². The Labute approximate surface area is 123 Å². The third kappa shape index (κ3) is 4.42. The van der Waals surface area contributed by atoms with Crippen LogP contribution in [0.2, 0.25) is 0 Å². The molecule has 1 saturated heterocycles. The molecule has 1 aliphatic carbocycles. The monoisotopic (exact) mass is 298 g/mol. The fraction of sp³-hybridized carbons (Fsp3) is 0.786. The number of amides is 2. The summed E-state index contributed by atoms with van der Waals surface area (Å²) in [5.74, 6) is -1.09. The van der Waals surface area contributed by atoms with Gasteiger partial charge in [0, 0.05) is 37.9 Å². The molecule has 7 nitrogen and oxygen atoms in total. The molecule has 2 aliphatic rings. The smallest absolute Gasteiger partial charge is 0.332 e. The van der Waals surface area contributed by atoms with Crippen molar-refractivity contribution in [1.82, 2.24) is 10.2 Å². The number of hydrogen-bond donors (Lipinski definition) is 3. The van der Waals surface area contributed by atoms with Crippen LogP contribution in [0.5, 0.6) is 0 Å². The zero-order valence-corrected chi connectivity index (χ0v) is 12.0. The highest BCUT2D eigenvalue weighted by atomic mass is 16.4. The molecule has 21 heavy (non-hydrogen) atoms. The number of carboxylic acid groups (broad SMARTS) is 1. The summed E-state index contributed by atoms with van der Waals surface area (Å²) in [6.45, 7) is 1.38. The van der Waals surface area contributed by atoms with E-state index < -0.39 is 12.1 Å². The average molecular weight is 298 g/mol. The van der Waals surface area contributed by atoms with Crippen molar-refractivity contribution >= 4 is 17.8 Å². The summed E-state index contributed by atoms with van der Waals surface area (Å²) in [6.07, 6.45) is 1.83. The molecule has 0 aromatic carbocycles. The maximum Gasteiger partial charge on any atom is 0.332 e. The molecule has 2 fully saturated rings. The number of carbonyl (C=O) groups excluding carboxylic acids is 2. The number of likely N-dealkylation sites (tertiary alicyclic amines) is 1. The topological polar surface area (TPSA) is 107 Å². The maximum absolute atomic E-state index is 11.9. The van der Waals surface area contributed by atoms with Gasteiger partial charge in [-0.1, -0.05) is 0 Å². The van der Waals surface area contributed by atoms with Gasteiger partial charge < -0.3 is 20.4 Å². The van der Waals surface area contributed by atoms with Crippen molar-refractivity contribution in [3.05, 3.63) is 0 Å². The van der Waals surface area contributed by atoms with Gasteiger partial charge in [0.25, 0.3) is 0 Å². The van der Waals surface area contributed by atoms with E-state index in [-0.39, 0.29) is 36.6 Å². The minimum Gasteiger partial charge on any atom is -0.479 e. The molecule has 2 amide bonds. The van der Waals surface area contributed by atoms with Crippen molar-refractivity contribution in [3.8, 4) is 0 Å². The molecule has 1 atom stereocenters. The highest BCUT2D eigenvalue weighted by Gasteiger charge is 2.35. The van der Waals surface area contributed by atoms with E-state index in [2.05, 4.69) is 5.32 Å². The van der Waals surface area contributed by atoms with Crippen LogP contribution in [0.15, 0.2) is 0 Å². The van der Waals surface area contributed by atoms with E-state index in [1.54, 1.807) is 0 Å². The first-order valence-corrected chi connectivity index (χ1v) is 7.46. The van der Waals surface area contributed by atoms with Crippen LogP contribution >= 0.6 is 0 Å². The Morgan fingerprint density at radius 1 is 1.10 bits per heavy atom. The van der Waals surface area contributed by atoms with Gasteiger partial charge in [-0.15, -0.1) is 0 Å². The molecule has 0 aromatic heterocycles. The molecule has 1 heterocycles. The number of carboxylic acids is 1. The predicted molar refractivity (Wildman–Crippen MR) is 73.3 cm³/mol. The number of carbonyl (C=O) groups is 3. The first kappa shape index (κ1) is 15.8. The number of aliphatic hydroxyl groups is 1. The minimum atomic E-state index is -1.44. The summed E-state index contributed by atoms with van der Waals surface area (Å²) in [6, 6.07) is 0. The van der Waals surface area contributed by atoms with Gasteiger partial charge in [-0.05, 0) is 25.7 Å². The first-order chi connectivity index (χ1) is 9.99. The Bertz CT molecular complexity index is 414. The molecule has 2 rings (SSSR count). The van der Waals surface area contributed by atoms with Crippen molar-refractivity contribution in [3.63, 3.8) is 0 Å². The Morgan fingerprint density at radius 2 is 1.71 bits per heavy atom. The summed E-state index contributed by atoms with van der Waals surface area (Å²) in [5.41, 5.74) is 0. The van der Waals surface area contributed by atoms with E-state index in [0.717, 1.165) is 12.8 Å². The summed E-state index contributed by atoms with van der Waals surface area (Å²) in [5, 5.41) is 20.3. The van der Waals surface area contributed by atoms with Gasteiger partial charge >= 0.3 is 5.97 Å². The number of hydrogen-bond acceptors (Lipinski definition) is 4. The molecular formula is C14H22N2O5. The van der Waals surface area contributed by atoms with Crippen molar-refractivity contribution in [2.75, 3.05) is 19.6 Å². The van der Waals surface area contributed by atoms with Crippen molar-refractivity contribution in [2.24, 2.45) is 11.8 Å². The van der Waals surface area contributed by atoms with Crippen LogP contribution in [-0.2, 0) is 14.4 Å². The Kier molecular flexibility index (Phi) is 5.17. The number of aliphatic carboxylic acids is 1. The van der Waals surface area contributed by atoms with Crippen LogP contribution in [0.3, 0.4) is 0 Å². The molecule has 0 aromatic rings. The summed E-state index contributed by atoms with van der Waals surface area (Å²) in [4.78, 5) is 36.1. The van der Waals surface area contributed by atoms with Crippen LogP contribution in [0.4, 0.5) is 0 Å². The number of nitrogens with zero attached hydrogens (tertiary/aromatic N) is 1. The van der Waals surface area contributed by atoms with Crippen molar-refractivity contribution in [1.29, 1.82) is 0 Å². The second-order valence-electron chi connectivity index (χ2n) is 5.81. The fourth-order valence-corrected chi connectivity index (χ4v) is 2.55. The number of nitrogens with one attached hydrogen (secondary N) is 1. The molecule has 1 saturated carbocycles. The van der Waals surface area contributed by atoms with E-state index in [4.69, 9.17) is 10.2 Å². The maximum atomic E-state index is 11.9. The van der Waals surface area contributed by atoms with E-state index >= 15 is 0 Å². The van der Waals surface area contributed by atoms with Gasteiger partial charge in [0.15, 0.2) is 6.10 Å². The molecule has 1 unspecified atom stereocenters. The van der Waals surface area contributed by atoms with E-state index in [1.165, 1.54) is 0 Å². The first-order valence-electron chi connectivity index (χ1n) is 7.46.